The van der Waals surface area contributed by atoms with E-state index in [-0.39, 0.29) is 23.7 Å². The summed E-state index contributed by atoms with van der Waals surface area (Å²) >= 11 is 0. The van der Waals surface area contributed by atoms with Crippen molar-refractivity contribution < 1.29 is 23.1 Å². The van der Waals surface area contributed by atoms with Crippen molar-refractivity contribution in [1.82, 2.24) is 14.7 Å². The molecule has 0 spiro atoms. The van der Waals surface area contributed by atoms with Crippen molar-refractivity contribution in [2.75, 3.05) is 6.54 Å². The maximum Gasteiger partial charge on any atom is 0.328 e. The molecule has 0 saturated carbocycles. The van der Waals surface area contributed by atoms with Gasteiger partial charge in [0.05, 0.1) is 12.2 Å². The van der Waals surface area contributed by atoms with Crippen LogP contribution in [0.25, 0.3) is 17.2 Å². The first kappa shape index (κ1) is 27.6. The summed E-state index contributed by atoms with van der Waals surface area (Å²) in [7, 11) is 0. The van der Waals surface area contributed by atoms with Gasteiger partial charge in [0.25, 0.3) is 0 Å². The molecular weight excluding hydrogens is 491 g/mol. The molecule has 5 nitrogen and oxygen atoms in total. The van der Waals surface area contributed by atoms with Gasteiger partial charge in [-0.1, -0.05) is 32.0 Å². The van der Waals surface area contributed by atoms with Crippen LogP contribution in [0, 0.1) is 17.6 Å². The van der Waals surface area contributed by atoms with E-state index >= 15 is 8.78 Å². The minimum absolute atomic E-state index is 0.0124. The molecule has 202 valence electrons. The molecule has 1 aliphatic heterocycles. The van der Waals surface area contributed by atoms with Crippen LogP contribution in [0.2, 0.25) is 0 Å². The topological polar surface area (TPSA) is 58.4 Å². The average Bonchev–Trinajstić information content (AvgIpc) is 3.25. The second kappa shape index (κ2) is 10.8. The molecule has 2 atom stereocenters. The van der Waals surface area contributed by atoms with Gasteiger partial charge in [-0.05, 0) is 73.6 Å². The lowest BCUT2D eigenvalue weighted by Crippen LogP contribution is -2.48. The van der Waals surface area contributed by atoms with E-state index in [1.54, 1.807) is 0 Å². The molecule has 0 aliphatic carbocycles. The quantitative estimate of drug-likeness (QED) is 0.334. The summed E-state index contributed by atoms with van der Waals surface area (Å²) in [4.78, 5) is 12.7. The number of carboxylic acid groups (broad SMARTS) is 1. The highest BCUT2D eigenvalue weighted by atomic mass is 19.1. The molecular formula is C30H34F3N3O2. The summed E-state index contributed by atoms with van der Waals surface area (Å²) < 4.78 is 47.9. The van der Waals surface area contributed by atoms with Crippen LogP contribution < -0.4 is 0 Å². The molecule has 0 bridgehead atoms. The van der Waals surface area contributed by atoms with Crippen molar-refractivity contribution in [2.45, 2.75) is 65.3 Å². The van der Waals surface area contributed by atoms with Crippen LogP contribution in [-0.2, 0) is 17.8 Å². The van der Waals surface area contributed by atoms with Crippen molar-refractivity contribution in [2.24, 2.45) is 5.92 Å². The Balaban J connectivity index is 1.81. The molecule has 3 aromatic rings. The second-order valence-corrected chi connectivity index (χ2v) is 11.2. The molecule has 0 fully saturated rings. The zero-order valence-electron chi connectivity index (χ0n) is 22.4. The number of aromatic nitrogens is 2. The Morgan fingerprint density at radius 1 is 1.18 bits per heavy atom. The number of hydrogen-bond donors (Lipinski definition) is 1. The van der Waals surface area contributed by atoms with Gasteiger partial charge in [0.1, 0.15) is 17.3 Å². The molecule has 0 saturated heterocycles. The summed E-state index contributed by atoms with van der Waals surface area (Å²) in [5.74, 6) is -2.37. The lowest BCUT2D eigenvalue weighted by molar-refractivity contribution is -0.131. The minimum Gasteiger partial charge on any atom is -0.478 e. The molecule has 4 rings (SSSR count). The van der Waals surface area contributed by atoms with Gasteiger partial charge in [0, 0.05) is 42.5 Å². The highest BCUT2D eigenvalue weighted by Crippen LogP contribution is 2.42. The predicted molar refractivity (Wildman–Crippen MR) is 142 cm³/mol. The predicted octanol–water partition coefficient (Wildman–Crippen LogP) is 6.67. The Morgan fingerprint density at radius 2 is 1.87 bits per heavy atom. The normalized spacial score (nSPS) is 18.3. The molecule has 1 aromatic heterocycles. The molecule has 1 aliphatic rings. The third-order valence-corrected chi connectivity index (χ3v) is 6.72. The largest absolute Gasteiger partial charge is 0.478 e. The van der Waals surface area contributed by atoms with Crippen LogP contribution in [-0.4, -0.2) is 44.0 Å². The zero-order valence-corrected chi connectivity index (χ0v) is 22.4. The number of hydrogen-bond acceptors (Lipinski definition) is 3. The van der Waals surface area contributed by atoms with Crippen molar-refractivity contribution in [1.29, 1.82) is 0 Å². The fourth-order valence-corrected chi connectivity index (χ4v) is 5.22. The molecule has 8 heteroatoms. The number of carboxylic acids is 1. The Bertz CT molecular complexity index is 1330. The van der Waals surface area contributed by atoms with Gasteiger partial charge >= 0.3 is 5.97 Å². The van der Waals surface area contributed by atoms with E-state index in [0.717, 1.165) is 53.1 Å². The van der Waals surface area contributed by atoms with E-state index in [4.69, 9.17) is 5.11 Å². The van der Waals surface area contributed by atoms with E-state index in [1.807, 2.05) is 47.1 Å². The van der Waals surface area contributed by atoms with Gasteiger partial charge in [-0.2, -0.15) is 5.10 Å². The number of halogens is 3. The number of alkyl halides is 1. The van der Waals surface area contributed by atoms with Gasteiger partial charge in [-0.15, -0.1) is 0 Å². The van der Waals surface area contributed by atoms with Crippen molar-refractivity contribution in [3.63, 3.8) is 0 Å². The van der Waals surface area contributed by atoms with Gasteiger partial charge in [-0.3, -0.25) is 9.58 Å². The first-order valence-electron chi connectivity index (χ1n) is 12.8. The molecule has 0 unspecified atom stereocenters. The van der Waals surface area contributed by atoms with Gasteiger partial charge in [-0.25, -0.2) is 18.0 Å². The van der Waals surface area contributed by atoms with Crippen LogP contribution in [0.15, 0.2) is 48.8 Å². The van der Waals surface area contributed by atoms with E-state index < -0.39 is 29.3 Å². The van der Waals surface area contributed by atoms with E-state index in [9.17, 15) is 9.18 Å². The van der Waals surface area contributed by atoms with Gasteiger partial charge < -0.3 is 5.11 Å². The highest BCUT2D eigenvalue weighted by molar-refractivity contribution is 5.85. The first-order chi connectivity index (χ1) is 17.8. The number of nitrogens with zero attached hydrogens (tertiary/aromatic N) is 3. The van der Waals surface area contributed by atoms with Gasteiger partial charge in [0.15, 0.2) is 0 Å². The van der Waals surface area contributed by atoms with Crippen LogP contribution >= 0.6 is 0 Å². The lowest BCUT2D eigenvalue weighted by Gasteiger charge is -2.44. The van der Waals surface area contributed by atoms with Crippen molar-refractivity contribution in [3.05, 3.63) is 82.7 Å². The van der Waals surface area contributed by atoms with Crippen molar-refractivity contribution >= 4 is 12.0 Å². The zero-order chi connectivity index (χ0) is 27.8. The number of fused-ring (bicyclic) bond motifs is 1. The summed E-state index contributed by atoms with van der Waals surface area (Å²) in [6.45, 7) is 9.89. The van der Waals surface area contributed by atoms with E-state index in [0.29, 0.717) is 12.3 Å². The molecule has 2 aromatic carbocycles. The Hall–Kier alpha value is -3.39. The fourth-order valence-electron chi connectivity index (χ4n) is 5.22. The fraction of sp³-hybridized carbons (Fsp3) is 0.400. The standard InChI is InChI=1S/C30H34F3N3O2/c1-18(2)15-35-16-23(14-34-35)21-7-8-24-22(13-21)10-19(3)36(17-30(4,5)33)29(24)28-25(31)11-20(12-26(28)32)6-9-27(37)38/h6-9,11-14,16,18-19,29H,10,15,17H2,1-5H3,(H,37,38)/b9-6+/t19-,29+/m0/s1. The third kappa shape index (κ3) is 6.18. The Morgan fingerprint density at radius 3 is 2.47 bits per heavy atom. The minimum atomic E-state index is -1.59. The first-order valence-corrected chi connectivity index (χ1v) is 12.8. The smallest absolute Gasteiger partial charge is 0.328 e. The summed E-state index contributed by atoms with van der Waals surface area (Å²) in [6.07, 6.45) is 6.37. The molecule has 1 N–H and O–H groups in total. The van der Waals surface area contributed by atoms with Crippen LogP contribution in [0.5, 0.6) is 0 Å². The van der Waals surface area contributed by atoms with E-state index in [2.05, 4.69) is 18.9 Å². The SMILES string of the molecule is CC(C)Cn1cc(-c2ccc3c(c2)C[C@H](C)N(CC(C)(C)F)[C@H]3c2c(F)cc(/C=C/C(=O)O)cc2F)cn1. The summed E-state index contributed by atoms with van der Waals surface area (Å²) in [6, 6.07) is 7.02. The summed E-state index contributed by atoms with van der Waals surface area (Å²) in [5.41, 5.74) is 1.91. The van der Waals surface area contributed by atoms with Gasteiger partial charge in [0.2, 0.25) is 0 Å². The molecule has 38 heavy (non-hydrogen) atoms. The molecule has 0 amide bonds. The maximum atomic E-state index is 15.5. The number of carbonyl (C=O) groups is 1. The Kier molecular flexibility index (Phi) is 7.83. The van der Waals surface area contributed by atoms with Crippen LogP contribution in [0.1, 0.15) is 62.9 Å². The third-order valence-electron chi connectivity index (χ3n) is 6.72. The van der Waals surface area contributed by atoms with Crippen molar-refractivity contribution in [3.8, 4) is 11.1 Å². The molecule has 0 radical (unpaired) electrons. The molecule has 2 heterocycles. The van der Waals surface area contributed by atoms with E-state index in [1.165, 1.54) is 13.8 Å². The highest BCUT2D eigenvalue weighted by Gasteiger charge is 2.39. The Labute approximate surface area is 221 Å². The van der Waals surface area contributed by atoms with Crippen LogP contribution in [0.4, 0.5) is 13.2 Å². The monoisotopic (exact) mass is 525 g/mol. The number of benzene rings is 2. The lowest BCUT2D eigenvalue weighted by atomic mass is 9.82. The van der Waals surface area contributed by atoms with Crippen LogP contribution in [0.3, 0.4) is 0 Å². The maximum absolute atomic E-state index is 15.5. The number of rotatable bonds is 8. The average molecular weight is 526 g/mol. The number of aliphatic carboxylic acids is 1. The summed E-state index contributed by atoms with van der Waals surface area (Å²) in [5, 5.41) is 13.3. The second-order valence-electron chi connectivity index (χ2n) is 11.2.